The van der Waals surface area contributed by atoms with E-state index in [4.69, 9.17) is 0 Å². The first-order valence-corrected chi connectivity index (χ1v) is 6.28. The molecule has 4 aliphatic carbocycles. The first kappa shape index (κ1) is 8.32. The van der Waals surface area contributed by atoms with Crippen LogP contribution < -0.4 is 0 Å². The molecule has 13 heavy (non-hydrogen) atoms. The Bertz CT molecular complexity index is 232. The van der Waals surface area contributed by atoms with Gasteiger partial charge in [0, 0.05) is 0 Å². The van der Waals surface area contributed by atoms with E-state index in [1.807, 2.05) is 0 Å². The molecule has 4 saturated carbocycles. The lowest BCUT2D eigenvalue weighted by Crippen LogP contribution is -2.28. The third kappa shape index (κ3) is 0.750. The Hall–Kier alpha value is 0. The van der Waals surface area contributed by atoms with Crippen LogP contribution in [-0.2, 0) is 0 Å². The highest BCUT2D eigenvalue weighted by molar-refractivity contribution is 5.28. The molecular weight excluding hydrogens is 156 g/mol. The Morgan fingerprint density at radius 2 is 2.00 bits per heavy atom. The molecule has 4 aliphatic rings. The van der Waals surface area contributed by atoms with Gasteiger partial charge in [0.25, 0.3) is 0 Å². The standard InChI is InChI=1S/C13H22/c1-3-5-6-12(4-2)7-10-8-13(12)9-11(10)13/h10-11H,3-9H2,1-2H3. The summed E-state index contributed by atoms with van der Waals surface area (Å²) in [6.45, 7) is 4.78. The molecule has 1 spiro atoms. The molecule has 74 valence electrons. The topological polar surface area (TPSA) is 0 Å². The molecule has 0 aromatic rings. The van der Waals surface area contributed by atoms with Crippen molar-refractivity contribution in [2.45, 2.75) is 58.8 Å². The second kappa shape index (κ2) is 2.32. The van der Waals surface area contributed by atoms with E-state index in [1.54, 1.807) is 25.7 Å². The lowest BCUT2D eigenvalue weighted by Gasteiger charge is -2.36. The lowest BCUT2D eigenvalue weighted by molar-refractivity contribution is 0.132. The van der Waals surface area contributed by atoms with Gasteiger partial charge in [-0.3, -0.25) is 0 Å². The van der Waals surface area contributed by atoms with Crippen molar-refractivity contribution >= 4 is 0 Å². The van der Waals surface area contributed by atoms with Crippen LogP contribution in [-0.4, -0.2) is 0 Å². The number of unbranched alkanes of at least 4 members (excludes halogenated alkanes) is 1. The van der Waals surface area contributed by atoms with Crippen LogP contribution in [0.2, 0.25) is 0 Å². The zero-order chi connectivity index (χ0) is 9.10. The Kier molecular flexibility index (Phi) is 1.49. The molecule has 4 unspecified atom stereocenters. The summed E-state index contributed by atoms with van der Waals surface area (Å²) in [5.74, 6) is 2.39. The molecule has 0 aliphatic heterocycles. The summed E-state index contributed by atoms with van der Waals surface area (Å²) in [4.78, 5) is 0. The van der Waals surface area contributed by atoms with Crippen molar-refractivity contribution in [2.75, 3.05) is 0 Å². The maximum atomic E-state index is 2.44. The van der Waals surface area contributed by atoms with Crippen LogP contribution >= 0.6 is 0 Å². The Morgan fingerprint density at radius 3 is 2.38 bits per heavy atom. The van der Waals surface area contributed by atoms with Gasteiger partial charge in [-0.2, -0.15) is 0 Å². The minimum absolute atomic E-state index is 0.832. The van der Waals surface area contributed by atoms with Gasteiger partial charge in [-0.05, 0) is 54.8 Å². The van der Waals surface area contributed by atoms with Gasteiger partial charge in [-0.15, -0.1) is 0 Å². The van der Waals surface area contributed by atoms with Gasteiger partial charge in [0.15, 0.2) is 0 Å². The van der Waals surface area contributed by atoms with Crippen LogP contribution in [0.15, 0.2) is 0 Å². The first-order chi connectivity index (χ1) is 6.28. The predicted octanol–water partition coefficient (Wildman–Crippen LogP) is 4.00. The largest absolute Gasteiger partial charge is 0.0654 e. The molecule has 0 amide bonds. The van der Waals surface area contributed by atoms with E-state index >= 15 is 0 Å². The third-order valence-electron chi connectivity index (χ3n) is 5.72. The lowest BCUT2D eigenvalue weighted by atomic mass is 9.69. The van der Waals surface area contributed by atoms with Crippen LogP contribution in [0, 0.1) is 22.7 Å². The molecule has 2 bridgehead atoms. The summed E-state index contributed by atoms with van der Waals surface area (Å²) >= 11 is 0. The number of rotatable bonds is 4. The molecular formula is C13H22. The van der Waals surface area contributed by atoms with E-state index < -0.39 is 0 Å². The van der Waals surface area contributed by atoms with Gasteiger partial charge in [-0.1, -0.05) is 26.7 Å². The molecule has 0 nitrogen and oxygen atoms in total. The summed E-state index contributed by atoms with van der Waals surface area (Å²) in [6, 6.07) is 0. The van der Waals surface area contributed by atoms with Gasteiger partial charge in [-0.25, -0.2) is 0 Å². The van der Waals surface area contributed by atoms with E-state index in [1.165, 1.54) is 31.1 Å². The highest BCUT2D eigenvalue weighted by Crippen LogP contribution is 2.87. The summed E-state index contributed by atoms with van der Waals surface area (Å²) in [5.41, 5.74) is 1.75. The molecule has 4 atom stereocenters. The Labute approximate surface area is 82.1 Å². The average Bonchev–Trinajstić information content (AvgIpc) is 2.55. The highest BCUT2D eigenvalue weighted by atomic mass is 14.8. The van der Waals surface area contributed by atoms with E-state index in [9.17, 15) is 0 Å². The molecule has 0 saturated heterocycles. The summed E-state index contributed by atoms with van der Waals surface area (Å²) in [5, 5.41) is 0. The van der Waals surface area contributed by atoms with E-state index in [-0.39, 0.29) is 0 Å². The molecule has 0 heteroatoms. The van der Waals surface area contributed by atoms with E-state index in [0.717, 1.165) is 10.8 Å². The molecule has 4 fully saturated rings. The van der Waals surface area contributed by atoms with Crippen molar-refractivity contribution in [2.24, 2.45) is 22.7 Å². The molecule has 0 radical (unpaired) electrons. The first-order valence-electron chi connectivity index (χ1n) is 6.28. The second-order valence-electron chi connectivity index (χ2n) is 5.87. The second-order valence-corrected chi connectivity index (χ2v) is 5.87. The molecule has 0 N–H and O–H groups in total. The van der Waals surface area contributed by atoms with Crippen molar-refractivity contribution in [1.82, 2.24) is 0 Å². The number of hydrogen-bond acceptors (Lipinski definition) is 0. The van der Waals surface area contributed by atoms with Crippen molar-refractivity contribution in [3.8, 4) is 0 Å². The maximum absolute atomic E-state index is 2.44. The molecule has 0 heterocycles. The van der Waals surface area contributed by atoms with Crippen molar-refractivity contribution in [3.05, 3.63) is 0 Å². The van der Waals surface area contributed by atoms with Crippen molar-refractivity contribution in [1.29, 1.82) is 0 Å². The molecule has 4 rings (SSSR count). The minimum atomic E-state index is 0.832. The normalized spacial score (nSPS) is 55.8. The van der Waals surface area contributed by atoms with Crippen LogP contribution in [0.1, 0.15) is 58.8 Å². The van der Waals surface area contributed by atoms with Gasteiger partial charge < -0.3 is 0 Å². The predicted molar refractivity (Wildman–Crippen MR) is 55.5 cm³/mol. The van der Waals surface area contributed by atoms with Gasteiger partial charge >= 0.3 is 0 Å². The smallest absolute Gasteiger partial charge is 0.0204 e. The quantitative estimate of drug-likeness (QED) is 0.610. The monoisotopic (exact) mass is 178 g/mol. The van der Waals surface area contributed by atoms with E-state index in [0.29, 0.717) is 0 Å². The zero-order valence-electron chi connectivity index (χ0n) is 9.10. The Morgan fingerprint density at radius 1 is 1.15 bits per heavy atom. The summed E-state index contributed by atoms with van der Waals surface area (Å²) < 4.78 is 0. The van der Waals surface area contributed by atoms with Crippen LogP contribution in [0.25, 0.3) is 0 Å². The van der Waals surface area contributed by atoms with Crippen molar-refractivity contribution < 1.29 is 0 Å². The summed E-state index contributed by atoms with van der Waals surface area (Å²) in [6.07, 6.45) is 10.7. The third-order valence-corrected chi connectivity index (χ3v) is 5.72. The van der Waals surface area contributed by atoms with Crippen LogP contribution in [0.5, 0.6) is 0 Å². The molecule has 0 aromatic carbocycles. The number of hydrogen-bond donors (Lipinski definition) is 0. The molecule has 0 aromatic heterocycles. The van der Waals surface area contributed by atoms with Crippen LogP contribution in [0.3, 0.4) is 0 Å². The Balaban J connectivity index is 1.78. The minimum Gasteiger partial charge on any atom is -0.0654 e. The fraction of sp³-hybridized carbons (Fsp3) is 1.00. The SMILES string of the molecule is CCCCC1(CC)CC2CC13CC23. The van der Waals surface area contributed by atoms with Gasteiger partial charge in [0.1, 0.15) is 0 Å². The average molecular weight is 178 g/mol. The number of fused-ring (bicyclic) bond motifs is 1. The highest BCUT2D eigenvalue weighted by Gasteiger charge is 2.80. The summed E-state index contributed by atoms with van der Waals surface area (Å²) in [7, 11) is 0. The maximum Gasteiger partial charge on any atom is -0.0204 e. The zero-order valence-corrected chi connectivity index (χ0v) is 9.10. The fourth-order valence-corrected chi connectivity index (χ4v) is 4.92. The van der Waals surface area contributed by atoms with Gasteiger partial charge in [0.05, 0.1) is 0 Å². The fourth-order valence-electron chi connectivity index (χ4n) is 4.92. The van der Waals surface area contributed by atoms with Gasteiger partial charge in [0.2, 0.25) is 0 Å². The van der Waals surface area contributed by atoms with Crippen molar-refractivity contribution in [3.63, 3.8) is 0 Å². The van der Waals surface area contributed by atoms with Crippen LogP contribution in [0.4, 0.5) is 0 Å². The van der Waals surface area contributed by atoms with E-state index in [2.05, 4.69) is 13.8 Å².